The van der Waals surface area contributed by atoms with Gasteiger partial charge >= 0.3 is 5.97 Å². The highest BCUT2D eigenvalue weighted by Gasteiger charge is 2.20. The number of aryl methyl sites for hydroxylation is 2. The van der Waals surface area contributed by atoms with Crippen LogP contribution in [0.2, 0.25) is 0 Å². The van der Waals surface area contributed by atoms with Gasteiger partial charge in [-0.2, -0.15) is 4.98 Å². The van der Waals surface area contributed by atoms with Crippen molar-refractivity contribution in [3.63, 3.8) is 0 Å². The number of hydrogen-bond donors (Lipinski definition) is 0. The van der Waals surface area contributed by atoms with Crippen molar-refractivity contribution in [2.45, 2.75) is 65.4 Å². The minimum atomic E-state index is -0.634. The second-order valence-corrected chi connectivity index (χ2v) is 11.6. The van der Waals surface area contributed by atoms with E-state index in [0.29, 0.717) is 31.4 Å². The number of nitrogens with zero attached hydrogens (tertiary/aromatic N) is 3. The molecule has 0 N–H and O–H groups in total. The molecule has 1 aliphatic heterocycles. The minimum Gasteiger partial charge on any atom is -0.477 e. The third-order valence-electron chi connectivity index (χ3n) is 5.96. The Balaban J connectivity index is 1.60. The molecule has 0 saturated carbocycles. The van der Waals surface area contributed by atoms with Gasteiger partial charge in [-0.3, -0.25) is 9.20 Å². The summed E-state index contributed by atoms with van der Waals surface area (Å²) in [6, 6.07) is 3.83. The SMILES string of the molecule is CC(C)c1csc(CCc2ccn3c(=O)c(/C=C/C(=O)OC(C)(C)C)c(OCC4CCOC4)nc3c2)n1. The molecule has 37 heavy (non-hydrogen) atoms. The third-order valence-corrected chi connectivity index (χ3v) is 6.88. The number of hydrogen-bond acceptors (Lipinski definition) is 8. The van der Waals surface area contributed by atoms with Crippen LogP contribution in [0.1, 0.15) is 68.8 Å². The van der Waals surface area contributed by atoms with Gasteiger partial charge in [0.2, 0.25) is 5.88 Å². The Hall–Kier alpha value is -3.04. The average Bonchev–Trinajstić information content (AvgIpc) is 3.52. The van der Waals surface area contributed by atoms with Crippen LogP contribution >= 0.6 is 11.3 Å². The maximum atomic E-state index is 13.4. The second-order valence-electron chi connectivity index (χ2n) is 10.6. The Morgan fingerprint density at radius 2 is 2.11 bits per heavy atom. The first-order valence-corrected chi connectivity index (χ1v) is 13.6. The number of esters is 1. The maximum Gasteiger partial charge on any atom is 0.331 e. The molecule has 0 aliphatic carbocycles. The van der Waals surface area contributed by atoms with E-state index in [9.17, 15) is 9.59 Å². The summed E-state index contributed by atoms with van der Waals surface area (Å²) in [4.78, 5) is 35.1. The molecule has 0 amide bonds. The number of ether oxygens (including phenoxy) is 3. The fourth-order valence-corrected chi connectivity index (χ4v) is 4.90. The molecule has 3 aromatic heterocycles. The molecule has 4 rings (SSSR count). The summed E-state index contributed by atoms with van der Waals surface area (Å²) < 4.78 is 18.3. The van der Waals surface area contributed by atoms with Gasteiger partial charge in [-0.15, -0.1) is 11.3 Å². The van der Waals surface area contributed by atoms with Gasteiger partial charge in [-0.1, -0.05) is 13.8 Å². The normalized spacial score (nSPS) is 16.2. The number of thiazole rings is 1. The first-order chi connectivity index (χ1) is 17.6. The molecule has 1 atom stereocenters. The van der Waals surface area contributed by atoms with E-state index in [4.69, 9.17) is 19.2 Å². The van der Waals surface area contributed by atoms with Crippen LogP contribution in [0.3, 0.4) is 0 Å². The highest BCUT2D eigenvalue weighted by atomic mass is 32.1. The minimum absolute atomic E-state index is 0.204. The van der Waals surface area contributed by atoms with Crippen LogP contribution in [0.5, 0.6) is 5.88 Å². The van der Waals surface area contributed by atoms with Gasteiger partial charge in [-0.05, 0) is 63.3 Å². The largest absolute Gasteiger partial charge is 0.477 e. The lowest BCUT2D eigenvalue weighted by Gasteiger charge is -2.18. The van der Waals surface area contributed by atoms with Gasteiger partial charge in [-0.25, -0.2) is 9.78 Å². The molecule has 8 nitrogen and oxygen atoms in total. The Kier molecular flexibility index (Phi) is 8.44. The number of pyridine rings is 1. The Morgan fingerprint density at radius 3 is 2.78 bits per heavy atom. The number of fused-ring (bicyclic) bond motifs is 1. The van der Waals surface area contributed by atoms with Gasteiger partial charge in [0.1, 0.15) is 16.8 Å². The molecule has 9 heteroatoms. The van der Waals surface area contributed by atoms with Gasteiger partial charge in [0.15, 0.2) is 0 Å². The summed E-state index contributed by atoms with van der Waals surface area (Å²) in [5, 5.41) is 3.21. The van der Waals surface area contributed by atoms with E-state index in [2.05, 4.69) is 24.2 Å². The molecule has 198 valence electrons. The molecule has 1 unspecified atom stereocenters. The first-order valence-electron chi connectivity index (χ1n) is 12.7. The summed E-state index contributed by atoms with van der Waals surface area (Å²) in [6.45, 7) is 11.4. The molecule has 0 radical (unpaired) electrons. The molecule has 1 aliphatic rings. The number of carbonyl (C=O) groups is 1. The van der Waals surface area contributed by atoms with Crippen LogP contribution in [0.25, 0.3) is 11.7 Å². The quantitative estimate of drug-likeness (QED) is 0.292. The summed E-state index contributed by atoms with van der Waals surface area (Å²) in [6.07, 6.45) is 6.90. The zero-order valence-corrected chi connectivity index (χ0v) is 23.0. The van der Waals surface area contributed by atoms with Crippen molar-refractivity contribution in [1.29, 1.82) is 0 Å². The molecule has 1 fully saturated rings. The maximum absolute atomic E-state index is 13.4. The van der Waals surface area contributed by atoms with Crippen molar-refractivity contribution in [3.8, 4) is 5.88 Å². The second kappa shape index (κ2) is 11.6. The lowest BCUT2D eigenvalue weighted by molar-refractivity contribution is -0.148. The lowest BCUT2D eigenvalue weighted by atomic mass is 10.1. The summed E-state index contributed by atoms with van der Waals surface area (Å²) in [5.74, 6) is 0.318. The molecule has 4 heterocycles. The van der Waals surface area contributed by atoms with Crippen LogP contribution in [-0.2, 0) is 27.1 Å². The zero-order chi connectivity index (χ0) is 26.6. The van der Waals surface area contributed by atoms with Crippen molar-refractivity contribution < 1.29 is 19.0 Å². The van der Waals surface area contributed by atoms with Crippen LogP contribution in [-0.4, -0.2) is 45.8 Å². The van der Waals surface area contributed by atoms with E-state index in [-0.39, 0.29) is 22.9 Å². The third kappa shape index (κ3) is 7.26. The lowest BCUT2D eigenvalue weighted by Crippen LogP contribution is -2.23. The smallest absolute Gasteiger partial charge is 0.331 e. The Labute approximate surface area is 221 Å². The summed E-state index contributed by atoms with van der Waals surface area (Å²) in [5.41, 5.74) is 1.94. The van der Waals surface area contributed by atoms with Crippen LogP contribution in [0.4, 0.5) is 0 Å². The van der Waals surface area contributed by atoms with Crippen molar-refractivity contribution in [2.75, 3.05) is 19.8 Å². The van der Waals surface area contributed by atoms with Crippen molar-refractivity contribution in [1.82, 2.24) is 14.4 Å². The van der Waals surface area contributed by atoms with Gasteiger partial charge in [0, 0.05) is 36.6 Å². The summed E-state index contributed by atoms with van der Waals surface area (Å²) in [7, 11) is 0. The molecule has 0 spiro atoms. The highest BCUT2D eigenvalue weighted by molar-refractivity contribution is 7.09. The molecule has 0 bridgehead atoms. The van der Waals surface area contributed by atoms with E-state index in [1.54, 1.807) is 38.3 Å². The first kappa shape index (κ1) is 27.0. The van der Waals surface area contributed by atoms with Crippen molar-refractivity contribution >= 4 is 29.0 Å². The van der Waals surface area contributed by atoms with E-state index in [1.807, 2.05) is 12.1 Å². The van der Waals surface area contributed by atoms with E-state index < -0.39 is 11.6 Å². The van der Waals surface area contributed by atoms with E-state index in [1.165, 1.54) is 16.6 Å². The number of carbonyl (C=O) groups excluding carboxylic acids is 1. The average molecular weight is 526 g/mol. The zero-order valence-electron chi connectivity index (χ0n) is 22.2. The fraction of sp³-hybridized carbons (Fsp3) is 0.500. The molecule has 3 aromatic rings. The molecule has 0 aromatic carbocycles. The number of aromatic nitrogens is 3. The van der Waals surface area contributed by atoms with Crippen LogP contribution < -0.4 is 10.3 Å². The van der Waals surface area contributed by atoms with Gasteiger partial charge in [0.25, 0.3) is 5.56 Å². The van der Waals surface area contributed by atoms with Crippen LogP contribution in [0.15, 0.2) is 34.6 Å². The van der Waals surface area contributed by atoms with E-state index in [0.717, 1.165) is 35.5 Å². The molecule has 1 saturated heterocycles. The number of rotatable bonds is 9. The highest BCUT2D eigenvalue weighted by Crippen LogP contribution is 2.22. The van der Waals surface area contributed by atoms with Crippen LogP contribution in [0, 0.1) is 5.92 Å². The fourth-order valence-electron chi connectivity index (χ4n) is 3.94. The van der Waals surface area contributed by atoms with E-state index >= 15 is 0 Å². The predicted octanol–water partition coefficient (Wildman–Crippen LogP) is 4.83. The topological polar surface area (TPSA) is 92.0 Å². The molecular weight excluding hydrogens is 490 g/mol. The Bertz CT molecular complexity index is 1330. The van der Waals surface area contributed by atoms with Crippen molar-refractivity contribution in [2.24, 2.45) is 5.92 Å². The van der Waals surface area contributed by atoms with Crippen molar-refractivity contribution in [3.05, 3.63) is 62.0 Å². The molecular formula is C28H35N3O5S. The van der Waals surface area contributed by atoms with Gasteiger partial charge < -0.3 is 14.2 Å². The Morgan fingerprint density at radius 1 is 1.30 bits per heavy atom. The standard InChI is InChI=1S/C28H35N3O5S/c1-18(2)22-17-37-24(29-22)8-6-19-10-12-31-23(14-19)30-26(35-16-20-11-13-34-15-20)21(27(31)33)7-9-25(32)36-28(3,4)5/h7,9-10,12,14,17-18,20H,6,8,11,13,15-16H2,1-5H3/b9-7+. The van der Waals surface area contributed by atoms with Gasteiger partial charge in [0.05, 0.1) is 23.9 Å². The predicted molar refractivity (Wildman–Crippen MR) is 144 cm³/mol. The monoisotopic (exact) mass is 525 g/mol. The summed E-state index contributed by atoms with van der Waals surface area (Å²) >= 11 is 1.68.